The topological polar surface area (TPSA) is 60.1 Å². The fourth-order valence-corrected chi connectivity index (χ4v) is 5.09. The molecule has 5 nitrogen and oxygen atoms in total. The average Bonchev–Trinajstić information content (AvgIpc) is 3.19. The summed E-state index contributed by atoms with van der Waals surface area (Å²) in [6.45, 7) is 8.61. The Hall–Kier alpha value is -4.12. The van der Waals surface area contributed by atoms with Crippen molar-refractivity contribution < 1.29 is 4.42 Å². The van der Waals surface area contributed by atoms with E-state index in [1.807, 2.05) is 66.2 Å². The van der Waals surface area contributed by atoms with Crippen LogP contribution in [0.2, 0.25) is 0 Å². The second-order valence-electron chi connectivity index (χ2n) is 10.2. The van der Waals surface area contributed by atoms with Gasteiger partial charge >= 0.3 is 5.63 Å². The predicted octanol–water partition coefficient (Wildman–Crippen LogP) is 6.82. The summed E-state index contributed by atoms with van der Waals surface area (Å²) >= 11 is 0. The zero-order valence-electron chi connectivity index (χ0n) is 20.3. The van der Waals surface area contributed by atoms with Gasteiger partial charge in [-0.3, -0.25) is 0 Å². The Bertz CT molecular complexity index is 1620. The number of aryl methyl sites for hydroxylation is 1. The summed E-state index contributed by atoms with van der Waals surface area (Å²) in [5.74, 6) is 0.579. The molecule has 6 rings (SSSR count). The second-order valence-corrected chi connectivity index (χ2v) is 10.2. The first kappa shape index (κ1) is 21.4. The largest absolute Gasteiger partial charge is 0.422 e. The third-order valence-electron chi connectivity index (χ3n) is 6.89. The molecule has 0 radical (unpaired) electrons. The van der Waals surface area contributed by atoms with E-state index >= 15 is 0 Å². The Balaban J connectivity index is 1.66. The summed E-state index contributed by atoms with van der Waals surface area (Å²) in [5.41, 5.74) is 6.80. The highest BCUT2D eigenvalue weighted by atomic mass is 16.4. The van der Waals surface area contributed by atoms with E-state index in [1.54, 1.807) is 0 Å². The summed E-state index contributed by atoms with van der Waals surface area (Å²) < 4.78 is 7.75. The summed E-state index contributed by atoms with van der Waals surface area (Å²) in [5, 5.41) is 9.37. The highest BCUT2D eigenvalue weighted by molar-refractivity contribution is 5.96. The van der Waals surface area contributed by atoms with E-state index in [-0.39, 0.29) is 17.0 Å². The SMILES string of the molecule is Cc1nn(-c2ccccc2)c2c1C(c1ccc(C(C)(C)C)cc1)c1c(c3ccccc3oc1=O)N2. The van der Waals surface area contributed by atoms with E-state index in [0.29, 0.717) is 11.1 Å². The second kappa shape index (κ2) is 7.70. The van der Waals surface area contributed by atoms with Gasteiger partial charge in [0.15, 0.2) is 0 Å². The molecule has 2 aromatic heterocycles. The molecule has 0 aliphatic carbocycles. The molecule has 35 heavy (non-hydrogen) atoms. The number of benzene rings is 3. The van der Waals surface area contributed by atoms with Gasteiger partial charge in [-0.25, -0.2) is 9.48 Å². The van der Waals surface area contributed by atoms with Crippen molar-refractivity contribution in [1.82, 2.24) is 9.78 Å². The van der Waals surface area contributed by atoms with Crippen LogP contribution in [0.4, 0.5) is 11.5 Å². The Morgan fingerprint density at radius 2 is 1.57 bits per heavy atom. The summed E-state index contributed by atoms with van der Waals surface area (Å²) in [4.78, 5) is 13.5. The van der Waals surface area contributed by atoms with E-state index in [0.717, 1.165) is 39.4 Å². The zero-order chi connectivity index (χ0) is 24.3. The molecule has 174 valence electrons. The lowest BCUT2D eigenvalue weighted by Gasteiger charge is -2.28. The lowest BCUT2D eigenvalue weighted by atomic mass is 9.80. The first-order chi connectivity index (χ1) is 16.8. The van der Waals surface area contributed by atoms with Crippen molar-refractivity contribution in [3.05, 3.63) is 117 Å². The van der Waals surface area contributed by atoms with E-state index in [1.165, 1.54) is 5.56 Å². The number of anilines is 2. The number of rotatable bonds is 2. The molecule has 5 heteroatoms. The molecule has 1 N–H and O–H groups in total. The lowest BCUT2D eigenvalue weighted by molar-refractivity contribution is 0.548. The Labute approximate surface area is 204 Å². The first-order valence-electron chi connectivity index (χ1n) is 11.9. The maximum Gasteiger partial charge on any atom is 0.342 e. The number of aromatic nitrogens is 2. The van der Waals surface area contributed by atoms with Gasteiger partial charge < -0.3 is 9.73 Å². The molecule has 0 amide bonds. The molecule has 1 aliphatic rings. The maximum atomic E-state index is 13.5. The molecule has 0 fully saturated rings. The van der Waals surface area contributed by atoms with Gasteiger partial charge in [-0.1, -0.05) is 75.4 Å². The Kier molecular flexibility index (Phi) is 4.71. The minimum absolute atomic E-state index is 0.0407. The molecule has 3 heterocycles. The number of fused-ring (bicyclic) bond motifs is 4. The fraction of sp³-hybridized carbons (Fsp3) is 0.200. The monoisotopic (exact) mass is 461 g/mol. The van der Waals surface area contributed by atoms with Crippen LogP contribution in [0, 0.1) is 6.92 Å². The molecule has 0 saturated heterocycles. The van der Waals surface area contributed by atoms with Gasteiger partial charge in [-0.05, 0) is 47.7 Å². The minimum atomic E-state index is -0.325. The quantitative estimate of drug-likeness (QED) is 0.287. The third kappa shape index (κ3) is 3.38. The van der Waals surface area contributed by atoms with Crippen molar-refractivity contribution >= 4 is 22.5 Å². The lowest BCUT2D eigenvalue weighted by Crippen LogP contribution is -2.23. The van der Waals surface area contributed by atoms with E-state index in [4.69, 9.17) is 9.52 Å². The van der Waals surface area contributed by atoms with Crippen LogP contribution in [0.25, 0.3) is 16.7 Å². The van der Waals surface area contributed by atoms with Crippen LogP contribution in [0.1, 0.15) is 54.6 Å². The van der Waals surface area contributed by atoms with Crippen molar-refractivity contribution in [2.45, 2.75) is 39.0 Å². The zero-order valence-corrected chi connectivity index (χ0v) is 20.3. The number of nitrogens with one attached hydrogen (secondary N) is 1. The number of hydrogen-bond donors (Lipinski definition) is 1. The van der Waals surface area contributed by atoms with Crippen molar-refractivity contribution in [2.24, 2.45) is 0 Å². The summed E-state index contributed by atoms with van der Waals surface area (Å²) in [6.07, 6.45) is 0. The molecule has 0 bridgehead atoms. The van der Waals surface area contributed by atoms with Gasteiger partial charge in [0, 0.05) is 16.9 Å². The maximum absolute atomic E-state index is 13.5. The van der Waals surface area contributed by atoms with Gasteiger partial charge in [-0.15, -0.1) is 0 Å². The van der Waals surface area contributed by atoms with Gasteiger partial charge in [0.25, 0.3) is 0 Å². The van der Waals surface area contributed by atoms with Crippen molar-refractivity contribution in [1.29, 1.82) is 0 Å². The van der Waals surface area contributed by atoms with Gasteiger partial charge in [0.2, 0.25) is 0 Å². The molecular weight excluding hydrogens is 434 g/mol. The smallest absolute Gasteiger partial charge is 0.342 e. The van der Waals surface area contributed by atoms with Crippen molar-refractivity contribution in [2.75, 3.05) is 5.32 Å². The average molecular weight is 462 g/mol. The van der Waals surface area contributed by atoms with Gasteiger partial charge in [-0.2, -0.15) is 5.10 Å². The highest BCUT2D eigenvalue weighted by Crippen LogP contribution is 2.47. The first-order valence-corrected chi connectivity index (χ1v) is 11.9. The van der Waals surface area contributed by atoms with Crippen LogP contribution in [0.15, 0.2) is 88.1 Å². The number of para-hydroxylation sites is 2. The molecular formula is C30H27N3O2. The standard InChI is InChI=1S/C30H27N3O2/c1-18-24-25(19-14-16-20(17-15-19)30(2,3)4)26-27(22-12-8-9-13-23(22)35-29(26)34)31-28(24)33(32-18)21-10-6-5-7-11-21/h5-17,25,31H,1-4H3. The van der Waals surface area contributed by atoms with Gasteiger partial charge in [0.1, 0.15) is 11.4 Å². The van der Waals surface area contributed by atoms with E-state index < -0.39 is 0 Å². The van der Waals surface area contributed by atoms with Gasteiger partial charge in [0.05, 0.1) is 22.6 Å². The molecule has 1 aliphatic heterocycles. The van der Waals surface area contributed by atoms with Crippen LogP contribution in [0.3, 0.4) is 0 Å². The van der Waals surface area contributed by atoms with Crippen molar-refractivity contribution in [3.8, 4) is 5.69 Å². The highest BCUT2D eigenvalue weighted by Gasteiger charge is 2.36. The van der Waals surface area contributed by atoms with Crippen LogP contribution in [-0.2, 0) is 5.41 Å². The molecule has 1 atom stereocenters. The molecule has 0 spiro atoms. The van der Waals surface area contributed by atoms with Crippen LogP contribution >= 0.6 is 0 Å². The fourth-order valence-electron chi connectivity index (χ4n) is 5.09. The van der Waals surface area contributed by atoms with E-state index in [2.05, 4.69) is 50.4 Å². The molecule has 1 unspecified atom stereocenters. The molecule has 3 aromatic carbocycles. The van der Waals surface area contributed by atoms with Crippen LogP contribution < -0.4 is 10.9 Å². The Morgan fingerprint density at radius 3 is 2.29 bits per heavy atom. The number of nitrogens with zero attached hydrogens (tertiary/aromatic N) is 2. The summed E-state index contributed by atoms with van der Waals surface area (Å²) in [7, 11) is 0. The minimum Gasteiger partial charge on any atom is -0.422 e. The van der Waals surface area contributed by atoms with Crippen LogP contribution in [-0.4, -0.2) is 9.78 Å². The Morgan fingerprint density at radius 1 is 0.886 bits per heavy atom. The normalized spacial score (nSPS) is 14.9. The predicted molar refractivity (Wildman–Crippen MR) is 140 cm³/mol. The third-order valence-corrected chi connectivity index (χ3v) is 6.89. The van der Waals surface area contributed by atoms with Crippen LogP contribution in [0.5, 0.6) is 0 Å². The van der Waals surface area contributed by atoms with Crippen molar-refractivity contribution in [3.63, 3.8) is 0 Å². The molecule has 5 aromatic rings. The number of hydrogen-bond acceptors (Lipinski definition) is 4. The molecule has 0 saturated carbocycles. The van der Waals surface area contributed by atoms with E-state index in [9.17, 15) is 4.79 Å². The summed E-state index contributed by atoms with van der Waals surface area (Å²) in [6, 6.07) is 26.3.